The molecule has 2 aromatic rings. The van der Waals surface area contributed by atoms with Gasteiger partial charge in [-0.3, -0.25) is 0 Å². The van der Waals surface area contributed by atoms with E-state index in [-0.39, 0.29) is 5.92 Å². The van der Waals surface area contributed by atoms with Gasteiger partial charge in [0, 0.05) is 22.0 Å². The van der Waals surface area contributed by atoms with Crippen molar-refractivity contribution in [3.05, 3.63) is 29.6 Å². The van der Waals surface area contributed by atoms with Crippen molar-refractivity contribution in [1.82, 2.24) is 0 Å². The molecule has 0 aliphatic carbocycles. The molecule has 0 aliphatic heterocycles. The number of nitriles is 1. The van der Waals surface area contributed by atoms with E-state index in [1.54, 1.807) is 11.3 Å². The fraction of sp³-hybridized carbons (Fsp3) is 0.357. The van der Waals surface area contributed by atoms with Crippen molar-refractivity contribution < 1.29 is 0 Å². The highest BCUT2D eigenvalue weighted by Gasteiger charge is 2.12. The molecule has 2 nitrogen and oxygen atoms in total. The summed E-state index contributed by atoms with van der Waals surface area (Å²) >= 11 is 1.74. The lowest BCUT2D eigenvalue weighted by Crippen LogP contribution is -2.17. The Morgan fingerprint density at radius 3 is 2.82 bits per heavy atom. The second-order valence-electron chi connectivity index (χ2n) is 4.51. The Labute approximate surface area is 106 Å². The summed E-state index contributed by atoms with van der Waals surface area (Å²) in [6.45, 7) is 4.89. The highest BCUT2D eigenvalue weighted by Crippen LogP contribution is 2.30. The van der Waals surface area contributed by atoms with E-state index in [4.69, 9.17) is 5.26 Å². The minimum absolute atomic E-state index is 0.0636. The summed E-state index contributed by atoms with van der Waals surface area (Å²) in [7, 11) is 0. The van der Waals surface area contributed by atoms with Crippen LogP contribution in [0.4, 0.5) is 5.69 Å². The van der Waals surface area contributed by atoms with Gasteiger partial charge in [0.25, 0.3) is 0 Å². The number of fused-ring (bicyclic) bond motifs is 1. The third-order valence-electron chi connectivity index (χ3n) is 2.96. The minimum Gasteiger partial charge on any atom is -0.383 e. The number of nitrogens with one attached hydrogen (secondary N) is 1. The van der Waals surface area contributed by atoms with Gasteiger partial charge in [-0.05, 0) is 12.0 Å². The Morgan fingerprint density at radius 2 is 2.12 bits per heavy atom. The van der Waals surface area contributed by atoms with Crippen molar-refractivity contribution in [2.45, 2.75) is 13.8 Å². The van der Waals surface area contributed by atoms with Crippen molar-refractivity contribution in [1.29, 1.82) is 5.26 Å². The topological polar surface area (TPSA) is 35.8 Å². The smallest absolute Gasteiger partial charge is 0.0677 e. The first-order valence-corrected chi connectivity index (χ1v) is 6.70. The van der Waals surface area contributed by atoms with E-state index in [2.05, 4.69) is 48.8 Å². The van der Waals surface area contributed by atoms with Crippen LogP contribution < -0.4 is 5.32 Å². The van der Waals surface area contributed by atoms with Gasteiger partial charge in [-0.1, -0.05) is 32.0 Å². The van der Waals surface area contributed by atoms with Crippen LogP contribution in [-0.2, 0) is 0 Å². The molecule has 1 atom stereocenters. The molecule has 17 heavy (non-hydrogen) atoms. The van der Waals surface area contributed by atoms with Gasteiger partial charge in [0.1, 0.15) is 0 Å². The molecular weight excluding hydrogens is 228 g/mol. The number of benzene rings is 1. The second kappa shape index (κ2) is 5.20. The van der Waals surface area contributed by atoms with Gasteiger partial charge in [-0.25, -0.2) is 0 Å². The first-order valence-electron chi connectivity index (χ1n) is 5.82. The van der Waals surface area contributed by atoms with Crippen molar-refractivity contribution >= 4 is 27.1 Å². The van der Waals surface area contributed by atoms with Crippen LogP contribution in [0.1, 0.15) is 13.8 Å². The molecule has 3 heteroatoms. The predicted molar refractivity (Wildman–Crippen MR) is 74.3 cm³/mol. The minimum atomic E-state index is 0.0636. The third-order valence-corrected chi connectivity index (χ3v) is 3.93. The summed E-state index contributed by atoms with van der Waals surface area (Å²) in [6.07, 6.45) is 0. The van der Waals surface area contributed by atoms with Crippen LogP contribution in [0.25, 0.3) is 10.1 Å². The molecule has 2 rings (SSSR count). The van der Waals surface area contributed by atoms with E-state index < -0.39 is 0 Å². The van der Waals surface area contributed by atoms with Gasteiger partial charge in [-0.15, -0.1) is 11.3 Å². The highest BCUT2D eigenvalue weighted by atomic mass is 32.1. The van der Waals surface area contributed by atoms with Crippen LogP contribution in [0.3, 0.4) is 0 Å². The van der Waals surface area contributed by atoms with Gasteiger partial charge in [0.2, 0.25) is 0 Å². The molecule has 1 heterocycles. The average Bonchev–Trinajstić information content (AvgIpc) is 2.73. The first-order chi connectivity index (χ1) is 8.22. The lowest BCUT2D eigenvalue weighted by atomic mass is 9.97. The molecule has 0 saturated heterocycles. The molecule has 0 radical (unpaired) electrons. The highest BCUT2D eigenvalue weighted by molar-refractivity contribution is 7.17. The summed E-state index contributed by atoms with van der Waals surface area (Å²) in [5.41, 5.74) is 1.14. The zero-order chi connectivity index (χ0) is 12.3. The Bertz CT molecular complexity index is 536. The van der Waals surface area contributed by atoms with E-state index in [1.807, 2.05) is 6.07 Å². The van der Waals surface area contributed by atoms with Crippen LogP contribution >= 0.6 is 11.3 Å². The predicted octanol–water partition coefficient (Wildman–Crippen LogP) is 4.11. The maximum absolute atomic E-state index is 9.05. The zero-order valence-electron chi connectivity index (χ0n) is 10.1. The molecule has 0 spiro atoms. The Balaban J connectivity index is 2.12. The SMILES string of the molecule is CC(C)C(C#N)CNc1csc2ccccc12. The van der Waals surface area contributed by atoms with Gasteiger partial charge in [0.15, 0.2) is 0 Å². The van der Waals surface area contributed by atoms with Crippen molar-refractivity contribution in [2.24, 2.45) is 11.8 Å². The lowest BCUT2D eigenvalue weighted by molar-refractivity contribution is 0.496. The molecule has 1 aromatic heterocycles. The van der Waals surface area contributed by atoms with Crippen molar-refractivity contribution in [3.63, 3.8) is 0 Å². The average molecular weight is 244 g/mol. The van der Waals surface area contributed by atoms with Crippen molar-refractivity contribution in [2.75, 3.05) is 11.9 Å². The van der Waals surface area contributed by atoms with E-state index in [1.165, 1.54) is 10.1 Å². The van der Waals surface area contributed by atoms with Gasteiger partial charge < -0.3 is 5.32 Å². The Kier molecular flexibility index (Phi) is 3.65. The monoisotopic (exact) mass is 244 g/mol. The second-order valence-corrected chi connectivity index (χ2v) is 5.42. The molecular formula is C14H16N2S. The lowest BCUT2D eigenvalue weighted by Gasteiger charge is -2.14. The van der Waals surface area contributed by atoms with E-state index in [0.717, 1.165) is 12.2 Å². The standard InChI is InChI=1S/C14H16N2S/c1-10(2)11(7-15)8-16-13-9-17-14-6-4-3-5-12(13)14/h3-6,9-11,16H,8H2,1-2H3. The van der Waals surface area contributed by atoms with Crippen LogP contribution in [0.2, 0.25) is 0 Å². The number of nitrogens with zero attached hydrogens (tertiary/aromatic N) is 1. The summed E-state index contributed by atoms with van der Waals surface area (Å²) in [4.78, 5) is 0. The van der Waals surface area contributed by atoms with Crippen LogP contribution in [0.5, 0.6) is 0 Å². The summed E-state index contributed by atoms with van der Waals surface area (Å²) in [5, 5.41) is 15.8. The Morgan fingerprint density at radius 1 is 1.35 bits per heavy atom. The van der Waals surface area contributed by atoms with Crippen LogP contribution in [0.15, 0.2) is 29.6 Å². The molecule has 0 bridgehead atoms. The molecule has 1 aromatic carbocycles. The van der Waals surface area contributed by atoms with E-state index in [0.29, 0.717) is 5.92 Å². The number of anilines is 1. The number of rotatable bonds is 4. The molecule has 0 aliphatic rings. The molecule has 0 saturated carbocycles. The van der Waals surface area contributed by atoms with Crippen LogP contribution in [0, 0.1) is 23.2 Å². The third kappa shape index (κ3) is 2.59. The van der Waals surface area contributed by atoms with Gasteiger partial charge >= 0.3 is 0 Å². The molecule has 1 N–H and O–H groups in total. The first kappa shape index (κ1) is 11.9. The number of hydrogen-bond acceptors (Lipinski definition) is 3. The fourth-order valence-electron chi connectivity index (χ4n) is 1.77. The number of hydrogen-bond donors (Lipinski definition) is 1. The quantitative estimate of drug-likeness (QED) is 0.878. The molecule has 1 unspecified atom stereocenters. The normalized spacial score (nSPS) is 12.6. The molecule has 88 valence electrons. The number of thiophene rings is 1. The van der Waals surface area contributed by atoms with Crippen molar-refractivity contribution in [3.8, 4) is 6.07 Å². The van der Waals surface area contributed by atoms with E-state index >= 15 is 0 Å². The zero-order valence-corrected chi connectivity index (χ0v) is 10.9. The van der Waals surface area contributed by atoms with E-state index in [9.17, 15) is 0 Å². The largest absolute Gasteiger partial charge is 0.383 e. The van der Waals surface area contributed by atoms with Gasteiger partial charge in [0.05, 0.1) is 17.7 Å². The van der Waals surface area contributed by atoms with Crippen LogP contribution in [-0.4, -0.2) is 6.54 Å². The van der Waals surface area contributed by atoms with Gasteiger partial charge in [-0.2, -0.15) is 5.26 Å². The maximum Gasteiger partial charge on any atom is 0.0677 e. The maximum atomic E-state index is 9.05. The Hall–Kier alpha value is -1.53. The summed E-state index contributed by atoms with van der Waals surface area (Å²) in [6, 6.07) is 10.7. The molecule has 0 fully saturated rings. The molecule has 0 amide bonds. The fourth-order valence-corrected chi connectivity index (χ4v) is 2.68. The summed E-state index contributed by atoms with van der Waals surface area (Å²) < 4.78 is 1.29. The summed E-state index contributed by atoms with van der Waals surface area (Å²) in [5.74, 6) is 0.450.